The van der Waals surface area contributed by atoms with E-state index in [4.69, 9.17) is 14.2 Å². The minimum absolute atomic E-state index is 0.00643. The van der Waals surface area contributed by atoms with Crippen LogP contribution in [0.3, 0.4) is 0 Å². The summed E-state index contributed by atoms with van der Waals surface area (Å²) in [5, 5.41) is 2.92. The highest BCUT2D eigenvalue weighted by atomic mass is 19.1. The van der Waals surface area contributed by atoms with Gasteiger partial charge in [-0.25, -0.2) is 4.39 Å². The van der Waals surface area contributed by atoms with E-state index < -0.39 is 41.9 Å². The number of amides is 3. The smallest absolute Gasteiger partial charge is 0.299 e. The Bertz CT molecular complexity index is 1890. The van der Waals surface area contributed by atoms with Gasteiger partial charge in [-0.2, -0.15) is 0 Å². The lowest BCUT2D eigenvalue weighted by Gasteiger charge is -2.33. The molecule has 7 rings (SSSR count). The lowest BCUT2D eigenvalue weighted by atomic mass is 10.0. The standard InChI is InChI=1S/C36H31FN4O7/c37-28-7-3-1-5-24(28)20-41(32(42)21-40-29-8-4-2-6-27(29)34(43)36(40)45)33(23-9-14-30-31(19-23)48-22-47-30)35(44)38-25-10-12-26(13-11-25)39-15-17-46-18-16-39/h1-14,19,33H,15-18,20-22H2,(H,38,44). The predicted molar refractivity (Wildman–Crippen MR) is 173 cm³/mol. The SMILES string of the molecule is O=C1C(=O)N(CC(=O)N(Cc2ccccc2F)C(C(=O)Nc2ccc(N3CCOCC3)cc2)c2ccc3c(c2)OCO3)c2ccccc21. The Morgan fingerprint density at radius 3 is 2.40 bits per heavy atom. The number of hydrogen-bond acceptors (Lipinski definition) is 8. The number of anilines is 3. The van der Waals surface area contributed by atoms with Crippen molar-refractivity contribution >= 4 is 40.6 Å². The summed E-state index contributed by atoms with van der Waals surface area (Å²) < 4.78 is 31.6. The zero-order chi connectivity index (χ0) is 33.2. The fourth-order valence-corrected chi connectivity index (χ4v) is 6.11. The number of carbonyl (C=O) groups excluding carboxylic acids is 4. The molecule has 11 nitrogen and oxygen atoms in total. The van der Waals surface area contributed by atoms with E-state index in [9.17, 15) is 19.2 Å². The van der Waals surface area contributed by atoms with E-state index in [0.717, 1.165) is 23.7 Å². The number of nitrogens with one attached hydrogen (secondary N) is 1. The Morgan fingerprint density at radius 2 is 1.60 bits per heavy atom. The number of para-hydroxylation sites is 1. The molecule has 3 heterocycles. The molecule has 0 radical (unpaired) electrons. The Balaban J connectivity index is 1.25. The van der Waals surface area contributed by atoms with Crippen molar-refractivity contribution in [3.63, 3.8) is 0 Å². The highest BCUT2D eigenvalue weighted by Gasteiger charge is 2.40. The average molecular weight is 651 g/mol. The van der Waals surface area contributed by atoms with Crippen LogP contribution < -0.4 is 24.6 Å². The highest BCUT2D eigenvalue weighted by molar-refractivity contribution is 6.52. The van der Waals surface area contributed by atoms with Gasteiger partial charge < -0.3 is 29.3 Å². The predicted octanol–water partition coefficient (Wildman–Crippen LogP) is 4.33. The first-order valence-corrected chi connectivity index (χ1v) is 15.5. The molecule has 0 aromatic heterocycles. The molecular formula is C36H31FN4O7. The number of nitrogens with zero attached hydrogens (tertiary/aromatic N) is 3. The van der Waals surface area contributed by atoms with Crippen LogP contribution in [0.1, 0.15) is 27.5 Å². The van der Waals surface area contributed by atoms with Gasteiger partial charge in [-0.15, -0.1) is 0 Å². The van der Waals surface area contributed by atoms with Crippen molar-refractivity contribution in [3.05, 3.63) is 114 Å². The minimum atomic E-state index is -1.31. The van der Waals surface area contributed by atoms with E-state index in [1.165, 1.54) is 29.2 Å². The largest absolute Gasteiger partial charge is 0.454 e. The zero-order valence-corrected chi connectivity index (χ0v) is 25.8. The average Bonchev–Trinajstić information content (AvgIpc) is 3.68. The first-order chi connectivity index (χ1) is 23.4. The van der Waals surface area contributed by atoms with Gasteiger partial charge in [-0.3, -0.25) is 24.1 Å². The second kappa shape index (κ2) is 13.2. The molecule has 244 valence electrons. The maximum absolute atomic E-state index is 15.1. The van der Waals surface area contributed by atoms with Gasteiger partial charge in [0.2, 0.25) is 12.7 Å². The summed E-state index contributed by atoms with van der Waals surface area (Å²) in [6, 6.07) is 23.2. The van der Waals surface area contributed by atoms with Crippen molar-refractivity contribution in [2.75, 3.05) is 54.8 Å². The van der Waals surface area contributed by atoms with Gasteiger partial charge in [0.25, 0.3) is 17.6 Å². The minimum Gasteiger partial charge on any atom is -0.454 e. The molecule has 12 heteroatoms. The van der Waals surface area contributed by atoms with Crippen LogP contribution in [0.2, 0.25) is 0 Å². The van der Waals surface area contributed by atoms with Crippen LogP contribution in [-0.2, 0) is 25.7 Å². The van der Waals surface area contributed by atoms with Crippen molar-refractivity contribution in [1.29, 1.82) is 0 Å². The maximum Gasteiger partial charge on any atom is 0.299 e. The van der Waals surface area contributed by atoms with Gasteiger partial charge in [0.05, 0.1) is 24.5 Å². The zero-order valence-electron chi connectivity index (χ0n) is 25.8. The van der Waals surface area contributed by atoms with Gasteiger partial charge in [-0.1, -0.05) is 36.4 Å². The third kappa shape index (κ3) is 6.05. The summed E-state index contributed by atoms with van der Waals surface area (Å²) in [5.74, 6) is -2.58. The first-order valence-electron chi connectivity index (χ1n) is 15.5. The molecule has 4 aromatic rings. The summed E-state index contributed by atoms with van der Waals surface area (Å²) in [5.41, 5.74) is 2.46. The third-order valence-corrected chi connectivity index (χ3v) is 8.57. The van der Waals surface area contributed by atoms with Crippen LogP contribution >= 0.6 is 0 Å². The summed E-state index contributed by atoms with van der Waals surface area (Å²) >= 11 is 0. The quantitative estimate of drug-likeness (QED) is 0.266. The fourth-order valence-electron chi connectivity index (χ4n) is 6.11. The molecule has 1 saturated heterocycles. The Morgan fingerprint density at radius 1 is 0.875 bits per heavy atom. The monoisotopic (exact) mass is 650 g/mol. The van der Waals surface area contributed by atoms with Crippen molar-refractivity contribution in [2.45, 2.75) is 12.6 Å². The molecule has 3 aliphatic heterocycles. The van der Waals surface area contributed by atoms with E-state index in [1.807, 2.05) is 12.1 Å². The number of carbonyl (C=O) groups is 4. The van der Waals surface area contributed by atoms with Crippen LogP contribution in [0.25, 0.3) is 0 Å². The van der Waals surface area contributed by atoms with E-state index in [-0.39, 0.29) is 30.2 Å². The second-order valence-corrected chi connectivity index (χ2v) is 11.5. The number of hydrogen-bond donors (Lipinski definition) is 1. The van der Waals surface area contributed by atoms with Crippen molar-refractivity contribution in [2.24, 2.45) is 0 Å². The normalized spacial score (nSPS) is 15.7. The van der Waals surface area contributed by atoms with E-state index >= 15 is 4.39 Å². The number of rotatable bonds is 9. The number of fused-ring (bicyclic) bond motifs is 2. The summed E-state index contributed by atoms with van der Waals surface area (Å²) in [6.07, 6.45) is 0. The highest BCUT2D eigenvalue weighted by Crippen LogP contribution is 2.37. The molecule has 1 fully saturated rings. The first kappa shape index (κ1) is 30.9. The molecule has 1 N–H and O–H groups in total. The summed E-state index contributed by atoms with van der Waals surface area (Å²) in [4.78, 5) is 58.9. The lowest BCUT2D eigenvalue weighted by molar-refractivity contribution is -0.139. The Labute approximate surface area is 275 Å². The van der Waals surface area contributed by atoms with Crippen LogP contribution in [-0.4, -0.2) is 68.0 Å². The van der Waals surface area contributed by atoms with Crippen LogP contribution in [0.4, 0.5) is 21.5 Å². The molecule has 0 saturated carbocycles. The van der Waals surface area contributed by atoms with Gasteiger partial charge in [0.1, 0.15) is 18.4 Å². The van der Waals surface area contributed by atoms with Gasteiger partial charge in [0, 0.05) is 36.6 Å². The molecule has 1 atom stereocenters. The fraction of sp³-hybridized carbons (Fsp3) is 0.222. The molecule has 0 spiro atoms. The van der Waals surface area contributed by atoms with Gasteiger partial charge in [-0.05, 0) is 60.2 Å². The molecule has 3 amide bonds. The summed E-state index contributed by atoms with van der Waals surface area (Å²) in [7, 11) is 0. The molecule has 0 bridgehead atoms. The van der Waals surface area contributed by atoms with E-state index in [2.05, 4.69) is 10.2 Å². The van der Waals surface area contributed by atoms with E-state index in [1.54, 1.807) is 54.6 Å². The molecule has 0 aliphatic carbocycles. The van der Waals surface area contributed by atoms with Crippen molar-refractivity contribution < 1.29 is 37.8 Å². The Hall–Kier alpha value is -5.75. The topological polar surface area (TPSA) is 118 Å². The van der Waals surface area contributed by atoms with Gasteiger partial charge >= 0.3 is 0 Å². The van der Waals surface area contributed by atoms with E-state index in [0.29, 0.717) is 36.0 Å². The van der Waals surface area contributed by atoms with Crippen LogP contribution in [0.15, 0.2) is 91.0 Å². The number of benzene rings is 4. The molecule has 48 heavy (non-hydrogen) atoms. The summed E-state index contributed by atoms with van der Waals surface area (Å²) in [6.45, 7) is 1.88. The number of halogens is 1. The number of ketones is 1. The molecule has 3 aliphatic rings. The number of Topliss-reactive ketones (excluding diaryl/α,β-unsaturated/α-hetero) is 1. The maximum atomic E-state index is 15.1. The third-order valence-electron chi connectivity index (χ3n) is 8.57. The van der Waals surface area contributed by atoms with Crippen LogP contribution in [0, 0.1) is 5.82 Å². The Kier molecular flexibility index (Phi) is 8.47. The lowest BCUT2D eigenvalue weighted by Crippen LogP contribution is -2.46. The van der Waals surface area contributed by atoms with Crippen molar-refractivity contribution in [3.8, 4) is 11.5 Å². The molecule has 4 aromatic carbocycles. The number of ether oxygens (including phenoxy) is 3. The molecular weight excluding hydrogens is 619 g/mol. The second-order valence-electron chi connectivity index (χ2n) is 11.5. The molecule has 1 unspecified atom stereocenters. The van der Waals surface area contributed by atoms with Crippen LogP contribution in [0.5, 0.6) is 11.5 Å². The van der Waals surface area contributed by atoms with Crippen molar-refractivity contribution in [1.82, 2.24) is 4.90 Å². The van der Waals surface area contributed by atoms with Gasteiger partial charge in [0.15, 0.2) is 11.5 Å². The number of morpholine rings is 1.